The molecule has 2 fully saturated rings. The molecule has 0 aromatic heterocycles. The summed E-state index contributed by atoms with van der Waals surface area (Å²) in [5.74, 6) is 0.977. The second kappa shape index (κ2) is 5.80. The number of rotatable bonds is 5. The SMILES string of the molecule is CCc1ccc(C2NC(CC)C(=O)N2C(C)C2CC2)cc1. The second-order valence-electron chi connectivity index (χ2n) is 6.45. The summed E-state index contributed by atoms with van der Waals surface area (Å²) in [4.78, 5) is 14.8. The second-order valence-corrected chi connectivity index (χ2v) is 6.45. The van der Waals surface area contributed by atoms with Gasteiger partial charge in [-0.2, -0.15) is 0 Å². The van der Waals surface area contributed by atoms with Crippen LogP contribution in [0.25, 0.3) is 0 Å². The topological polar surface area (TPSA) is 32.3 Å². The molecule has 2 aliphatic rings. The molecular formula is C18H26N2O. The van der Waals surface area contributed by atoms with E-state index in [-0.39, 0.29) is 18.1 Å². The van der Waals surface area contributed by atoms with Crippen LogP contribution in [0, 0.1) is 5.92 Å². The van der Waals surface area contributed by atoms with Crippen molar-refractivity contribution < 1.29 is 4.79 Å². The first-order chi connectivity index (χ1) is 10.2. The number of carbonyl (C=O) groups excluding carboxylic acids is 1. The van der Waals surface area contributed by atoms with E-state index in [1.165, 1.54) is 24.0 Å². The van der Waals surface area contributed by atoms with Crippen molar-refractivity contribution in [3.8, 4) is 0 Å². The highest BCUT2D eigenvalue weighted by Gasteiger charge is 2.45. The lowest BCUT2D eigenvalue weighted by Gasteiger charge is -2.31. The van der Waals surface area contributed by atoms with Gasteiger partial charge in [0.25, 0.3) is 0 Å². The Morgan fingerprint density at radius 1 is 1.24 bits per heavy atom. The molecule has 0 bridgehead atoms. The molecule has 3 atom stereocenters. The maximum atomic E-state index is 12.7. The molecule has 1 N–H and O–H groups in total. The lowest BCUT2D eigenvalue weighted by Crippen LogP contribution is -2.39. The van der Waals surface area contributed by atoms with E-state index in [0.717, 1.165) is 12.8 Å². The molecule has 3 nitrogen and oxygen atoms in total. The fraction of sp³-hybridized carbons (Fsp3) is 0.611. The van der Waals surface area contributed by atoms with Crippen molar-refractivity contribution in [1.29, 1.82) is 0 Å². The molecule has 1 saturated carbocycles. The summed E-state index contributed by atoms with van der Waals surface area (Å²) in [6.45, 7) is 6.46. The summed E-state index contributed by atoms with van der Waals surface area (Å²) < 4.78 is 0. The van der Waals surface area contributed by atoms with Gasteiger partial charge >= 0.3 is 0 Å². The highest BCUT2D eigenvalue weighted by Crippen LogP contribution is 2.40. The van der Waals surface area contributed by atoms with Gasteiger partial charge in [-0.3, -0.25) is 10.1 Å². The Balaban J connectivity index is 1.87. The predicted octanol–water partition coefficient (Wildman–Crippen LogP) is 3.26. The molecule has 1 amide bonds. The van der Waals surface area contributed by atoms with Crippen LogP contribution in [0.1, 0.15) is 57.3 Å². The quantitative estimate of drug-likeness (QED) is 0.901. The number of hydrogen-bond acceptors (Lipinski definition) is 2. The summed E-state index contributed by atoms with van der Waals surface area (Å²) in [5.41, 5.74) is 2.56. The van der Waals surface area contributed by atoms with Crippen LogP contribution >= 0.6 is 0 Å². The van der Waals surface area contributed by atoms with Gasteiger partial charge in [-0.05, 0) is 49.7 Å². The van der Waals surface area contributed by atoms with Gasteiger partial charge in [0.1, 0.15) is 6.17 Å². The Morgan fingerprint density at radius 3 is 2.43 bits per heavy atom. The third kappa shape index (κ3) is 2.71. The number of amides is 1. The minimum atomic E-state index is -0.0259. The molecule has 3 rings (SSSR count). The standard InChI is InChI=1S/C18H26N2O/c1-4-13-6-8-15(9-7-13)17-19-16(5-2)18(21)20(17)12(3)14-10-11-14/h6-9,12,14,16-17,19H,4-5,10-11H2,1-3H3. The van der Waals surface area contributed by atoms with Gasteiger partial charge in [-0.1, -0.05) is 38.1 Å². The fourth-order valence-electron chi connectivity index (χ4n) is 3.38. The fourth-order valence-corrected chi connectivity index (χ4v) is 3.38. The van der Waals surface area contributed by atoms with E-state index < -0.39 is 0 Å². The smallest absolute Gasteiger partial charge is 0.241 e. The van der Waals surface area contributed by atoms with Crippen LogP contribution in [0.5, 0.6) is 0 Å². The lowest BCUT2D eigenvalue weighted by molar-refractivity contribution is -0.132. The van der Waals surface area contributed by atoms with E-state index >= 15 is 0 Å². The highest BCUT2D eigenvalue weighted by atomic mass is 16.2. The van der Waals surface area contributed by atoms with Crippen molar-refractivity contribution in [2.45, 2.75) is 64.7 Å². The molecule has 3 unspecified atom stereocenters. The third-order valence-electron chi connectivity index (χ3n) is 5.04. The first-order valence-electron chi connectivity index (χ1n) is 8.32. The first kappa shape index (κ1) is 14.6. The van der Waals surface area contributed by atoms with E-state index in [1.807, 2.05) is 0 Å². The Hall–Kier alpha value is -1.35. The van der Waals surface area contributed by atoms with Crippen LogP contribution < -0.4 is 5.32 Å². The zero-order valence-electron chi connectivity index (χ0n) is 13.3. The molecular weight excluding hydrogens is 260 g/mol. The molecule has 1 heterocycles. The molecule has 1 aromatic rings. The average Bonchev–Trinajstić information content (AvgIpc) is 3.30. The van der Waals surface area contributed by atoms with E-state index in [9.17, 15) is 4.79 Å². The van der Waals surface area contributed by atoms with Gasteiger partial charge in [-0.15, -0.1) is 0 Å². The maximum absolute atomic E-state index is 12.7. The molecule has 1 aliphatic carbocycles. The van der Waals surface area contributed by atoms with E-state index in [1.54, 1.807) is 0 Å². The first-order valence-corrected chi connectivity index (χ1v) is 8.32. The molecule has 1 aliphatic heterocycles. The van der Waals surface area contributed by atoms with Crippen LogP contribution in [0.15, 0.2) is 24.3 Å². The molecule has 114 valence electrons. The summed E-state index contributed by atoms with van der Waals surface area (Å²) >= 11 is 0. The van der Waals surface area contributed by atoms with Crippen molar-refractivity contribution in [1.82, 2.24) is 10.2 Å². The van der Waals surface area contributed by atoms with Gasteiger partial charge in [0.15, 0.2) is 0 Å². The van der Waals surface area contributed by atoms with Crippen molar-refractivity contribution in [2.75, 3.05) is 0 Å². The zero-order valence-corrected chi connectivity index (χ0v) is 13.3. The molecule has 21 heavy (non-hydrogen) atoms. The molecule has 1 aromatic carbocycles. The van der Waals surface area contributed by atoms with E-state index in [2.05, 4.69) is 55.3 Å². The van der Waals surface area contributed by atoms with Crippen LogP contribution in [0.3, 0.4) is 0 Å². The number of hydrogen-bond donors (Lipinski definition) is 1. The van der Waals surface area contributed by atoms with Crippen LogP contribution in [0.2, 0.25) is 0 Å². The van der Waals surface area contributed by atoms with Gasteiger partial charge < -0.3 is 4.90 Å². The number of benzene rings is 1. The van der Waals surface area contributed by atoms with Crippen LogP contribution in [-0.2, 0) is 11.2 Å². The number of nitrogens with zero attached hydrogens (tertiary/aromatic N) is 1. The van der Waals surface area contributed by atoms with Crippen LogP contribution in [-0.4, -0.2) is 22.9 Å². The lowest BCUT2D eigenvalue weighted by atomic mass is 10.1. The van der Waals surface area contributed by atoms with Gasteiger partial charge in [0.2, 0.25) is 5.91 Å². The highest BCUT2D eigenvalue weighted by molar-refractivity contribution is 5.84. The summed E-state index contributed by atoms with van der Waals surface area (Å²) in [7, 11) is 0. The number of aryl methyl sites for hydroxylation is 1. The number of nitrogens with one attached hydrogen (secondary N) is 1. The normalized spacial score (nSPS) is 27.2. The van der Waals surface area contributed by atoms with Crippen molar-refractivity contribution >= 4 is 5.91 Å². The minimum Gasteiger partial charge on any atom is -0.319 e. The largest absolute Gasteiger partial charge is 0.319 e. The summed E-state index contributed by atoms with van der Waals surface area (Å²) in [6, 6.07) is 9.03. The zero-order chi connectivity index (χ0) is 15.0. The van der Waals surface area contributed by atoms with Gasteiger partial charge in [0, 0.05) is 6.04 Å². The number of carbonyl (C=O) groups is 1. The van der Waals surface area contributed by atoms with Gasteiger partial charge in [0.05, 0.1) is 6.04 Å². The Kier molecular flexibility index (Phi) is 4.03. The average molecular weight is 286 g/mol. The van der Waals surface area contributed by atoms with E-state index in [4.69, 9.17) is 0 Å². The van der Waals surface area contributed by atoms with Crippen molar-refractivity contribution in [3.63, 3.8) is 0 Å². The Morgan fingerprint density at radius 2 is 1.90 bits per heavy atom. The molecule has 0 spiro atoms. The predicted molar refractivity (Wildman–Crippen MR) is 84.8 cm³/mol. The van der Waals surface area contributed by atoms with Crippen molar-refractivity contribution in [3.05, 3.63) is 35.4 Å². The maximum Gasteiger partial charge on any atom is 0.241 e. The summed E-state index contributed by atoms with van der Waals surface area (Å²) in [5, 5.41) is 3.53. The van der Waals surface area contributed by atoms with Crippen LogP contribution in [0.4, 0.5) is 0 Å². The van der Waals surface area contributed by atoms with Crippen molar-refractivity contribution in [2.24, 2.45) is 5.92 Å². The van der Waals surface area contributed by atoms with Gasteiger partial charge in [-0.25, -0.2) is 0 Å². The Bertz CT molecular complexity index is 506. The molecule has 3 heteroatoms. The third-order valence-corrected chi connectivity index (χ3v) is 5.04. The molecule has 1 saturated heterocycles. The molecule has 0 radical (unpaired) electrons. The Labute approximate surface area is 127 Å². The summed E-state index contributed by atoms with van der Waals surface area (Å²) in [6.07, 6.45) is 4.49. The minimum absolute atomic E-state index is 0.0259. The van der Waals surface area contributed by atoms with E-state index in [0.29, 0.717) is 12.0 Å². The monoisotopic (exact) mass is 286 g/mol.